The number of rotatable bonds is 5. The Hall–Kier alpha value is -1.02. The monoisotopic (exact) mass is 263 g/mol. The number of nitrogens with one attached hydrogen (secondary N) is 1. The molecule has 1 N–H and O–H groups in total. The van der Waals surface area contributed by atoms with Crippen LogP contribution in [0.4, 0.5) is 0 Å². The zero-order valence-electron chi connectivity index (χ0n) is 13.5. The van der Waals surface area contributed by atoms with E-state index in [-0.39, 0.29) is 5.41 Å². The lowest BCUT2D eigenvalue weighted by molar-refractivity contribution is 0.396. The number of hydrogen-bond donors (Lipinski definition) is 1. The van der Waals surface area contributed by atoms with Crippen LogP contribution >= 0.6 is 0 Å². The van der Waals surface area contributed by atoms with Gasteiger partial charge in [-0.05, 0) is 41.5 Å². The van der Waals surface area contributed by atoms with Crippen LogP contribution in [0.1, 0.15) is 51.7 Å². The molecule has 0 bridgehead atoms. The van der Waals surface area contributed by atoms with Crippen molar-refractivity contribution in [3.05, 3.63) is 29.3 Å². The first kappa shape index (κ1) is 16.0. The molecule has 0 heterocycles. The van der Waals surface area contributed by atoms with Crippen molar-refractivity contribution in [2.45, 2.75) is 46.0 Å². The molecule has 0 aromatic heterocycles. The summed E-state index contributed by atoms with van der Waals surface area (Å²) in [5.74, 6) is 2.15. The minimum atomic E-state index is 0.0997. The van der Waals surface area contributed by atoms with Crippen molar-refractivity contribution >= 4 is 0 Å². The third-order valence-corrected chi connectivity index (χ3v) is 3.69. The van der Waals surface area contributed by atoms with E-state index >= 15 is 0 Å². The first-order valence-electron chi connectivity index (χ1n) is 7.14. The Morgan fingerprint density at radius 3 is 2.26 bits per heavy atom. The molecule has 0 spiro atoms. The van der Waals surface area contributed by atoms with E-state index in [1.165, 1.54) is 11.1 Å². The van der Waals surface area contributed by atoms with Gasteiger partial charge in [-0.25, -0.2) is 0 Å². The molecule has 0 fully saturated rings. The molecule has 1 rings (SSSR count). The van der Waals surface area contributed by atoms with Gasteiger partial charge in [-0.2, -0.15) is 0 Å². The number of likely N-dealkylation sites (N-methyl/N-ethyl adjacent to an activating group) is 1. The molecule has 0 amide bonds. The van der Waals surface area contributed by atoms with Crippen LogP contribution in [0.15, 0.2) is 18.2 Å². The van der Waals surface area contributed by atoms with Crippen LogP contribution in [-0.2, 0) is 5.41 Å². The number of benzene rings is 1. The third kappa shape index (κ3) is 3.97. The Kier molecular flexibility index (Phi) is 5.42. The molecule has 108 valence electrons. The van der Waals surface area contributed by atoms with Gasteiger partial charge in [-0.15, -0.1) is 0 Å². The zero-order valence-corrected chi connectivity index (χ0v) is 13.5. The van der Waals surface area contributed by atoms with Gasteiger partial charge in [0.15, 0.2) is 0 Å². The number of methoxy groups -OCH3 is 1. The maximum absolute atomic E-state index is 5.51. The lowest BCUT2D eigenvalue weighted by atomic mass is 9.81. The average molecular weight is 263 g/mol. The summed E-state index contributed by atoms with van der Waals surface area (Å²) in [6.45, 7) is 12.3. The van der Waals surface area contributed by atoms with Crippen LogP contribution in [0.2, 0.25) is 0 Å². The number of hydrogen-bond acceptors (Lipinski definition) is 2. The molecule has 0 saturated carbocycles. The van der Waals surface area contributed by atoms with E-state index in [1.807, 2.05) is 7.05 Å². The Morgan fingerprint density at radius 2 is 1.84 bits per heavy atom. The largest absolute Gasteiger partial charge is 0.496 e. The maximum Gasteiger partial charge on any atom is 0.122 e. The van der Waals surface area contributed by atoms with Gasteiger partial charge in [0.2, 0.25) is 0 Å². The van der Waals surface area contributed by atoms with E-state index < -0.39 is 0 Å². The van der Waals surface area contributed by atoms with E-state index in [2.05, 4.69) is 58.1 Å². The fourth-order valence-corrected chi connectivity index (χ4v) is 2.50. The summed E-state index contributed by atoms with van der Waals surface area (Å²) in [5.41, 5.74) is 2.78. The van der Waals surface area contributed by atoms with Gasteiger partial charge in [0.25, 0.3) is 0 Å². The topological polar surface area (TPSA) is 21.3 Å². The molecule has 1 aromatic rings. The molecule has 19 heavy (non-hydrogen) atoms. The number of ether oxygens (including phenoxy) is 1. The van der Waals surface area contributed by atoms with Gasteiger partial charge in [0, 0.05) is 6.54 Å². The second kappa shape index (κ2) is 6.42. The van der Waals surface area contributed by atoms with Crippen molar-refractivity contribution in [1.82, 2.24) is 5.32 Å². The van der Waals surface area contributed by atoms with Crippen LogP contribution < -0.4 is 10.1 Å². The quantitative estimate of drug-likeness (QED) is 0.868. The first-order chi connectivity index (χ1) is 8.81. The molecular formula is C17H29NO. The summed E-state index contributed by atoms with van der Waals surface area (Å²) in [7, 11) is 3.77. The Balaban J connectivity index is 3.23. The predicted octanol–water partition coefficient (Wildman–Crippen LogP) is 3.95. The molecule has 0 aliphatic heterocycles. The molecule has 1 atom stereocenters. The fourth-order valence-electron chi connectivity index (χ4n) is 2.50. The highest BCUT2D eigenvalue weighted by molar-refractivity contribution is 5.42. The Morgan fingerprint density at radius 1 is 1.21 bits per heavy atom. The lowest BCUT2D eigenvalue weighted by Gasteiger charge is -2.26. The second-order valence-corrected chi connectivity index (χ2v) is 6.62. The summed E-state index contributed by atoms with van der Waals surface area (Å²) in [6.07, 6.45) is 0. The molecule has 0 aliphatic carbocycles. The van der Waals surface area contributed by atoms with Crippen molar-refractivity contribution in [3.63, 3.8) is 0 Å². The highest BCUT2D eigenvalue weighted by Crippen LogP contribution is 2.35. The minimum absolute atomic E-state index is 0.0997. The van der Waals surface area contributed by atoms with Crippen molar-refractivity contribution in [1.29, 1.82) is 0 Å². The highest BCUT2D eigenvalue weighted by atomic mass is 16.5. The highest BCUT2D eigenvalue weighted by Gasteiger charge is 2.22. The second-order valence-electron chi connectivity index (χ2n) is 6.62. The van der Waals surface area contributed by atoms with Gasteiger partial charge in [-0.1, -0.05) is 46.8 Å². The molecule has 2 heteroatoms. The van der Waals surface area contributed by atoms with Crippen molar-refractivity contribution in [3.8, 4) is 5.75 Å². The van der Waals surface area contributed by atoms with Crippen LogP contribution in [0.5, 0.6) is 5.75 Å². The van der Waals surface area contributed by atoms with Gasteiger partial charge in [0.05, 0.1) is 7.11 Å². The SMILES string of the molecule is CNCC(c1ccc(OC)c(C(C)(C)C)c1)C(C)C. The van der Waals surface area contributed by atoms with Crippen LogP contribution in [0, 0.1) is 5.92 Å². The van der Waals surface area contributed by atoms with Gasteiger partial charge >= 0.3 is 0 Å². The molecule has 2 nitrogen and oxygen atoms in total. The van der Waals surface area contributed by atoms with Crippen molar-refractivity contribution < 1.29 is 4.74 Å². The van der Waals surface area contributed by atoms with Crippen LogP contribution in [0.25, 0.3) is 0 Å². The fraction of sp³-hybridized carbons (Fsp3) is 0.647. The zero-order chi connectivity index (χ0) is 14.6. The summed E-state index contributed by atoms with van der Waals surface area (Å²) in [4.78, 5) is 0. The van der Waals surface area contributed by atoms with Gasteiger partial charge < -0.3 is 10.1 Å². The molecular weight excluding hydrogens is 234 g/mol. The van der Waals surface area contributed by atoms with Crippen molar-refractivity contribution in [2.24, 2.45) is 5.92 Å². The minimum Gasteiger partial charge on any atom is -0.496 e. The summed E-state index contributed by atoms with van der Waals surface area (Å²) < 4.78 is 5.51. The molecule has 0 saturated heterocycles. The smallest absolute Gasteiger partial charge is 0.122 e. The maximum atomic E-state index is 5.51. The van der Waals surface area contributed by atoms with Gasteiger partial charge in [-0.3, -0.25) is 0 Å². The van der Waals surface area contributed by atoms with E-state index in [0.29, 0.717) is 11.8 Å². The molecule has 0 aliphatic rings. The Labute approximate surface area is 118 Å². The summed E-state index contributed by atoms with van der Waals surface area (Å²) in [5, 5.41) is 3.30. The van der Waals surface area contributed by atoms with Crippen LogP contribution in [-0.4, -0.2) is 20.7 Å². The van der Waals surface area contributed by atoms with Gasteiger partial charge in [0.1, 0.15) is 5.75 Å². The van der Waals surface area contributed by atoms with E-state index in [4.69, 9.17) is 4.74 Å². The average Bonchev–Trinajstić information content (AvgIpc) is 2.33. The van der Waals surface area contributed by atoms with Crippen molar-refractivity contribution in [2.75, 3.05) is 20.7 Å². The summed E-state index contributed by atoms with van der Waals surface area (Å²) >= 11 is 0. The molecule has 0 radical (unpaired) electrons. The summed E-state index contributed by atoms with van der Waals surface area (Å²) in [6, 6.07) is 6.64. The molecule has 1 aromatic carbocycles. The normalized spacial score (nSPS) is 13.7. The third-order valence-electron chi connectivity index (χ3n) is 3.69. The van der Waals surface area contributed by atoms with E-state index in [9.17, 15) is 0 Å². The predicted molar refractivity (Wildman–Crippen MR) is 83.2 cm³/mol. The lowest BCUT2D eigenvalue weighted by Crippen LogP contribution is -2.22. The Bertz CT molecular complexity index is 404. The van der Waals surface area contributed by atoms with Crippen LogP contribution in [0.3, 0.4) is 0 Å². The van der Waals surface area contributed by atoms with E-state index in [1.54, 1.807) is 7.11 Å². The first-order valence-corrected chi connectivity index (χ1v) is 7.14. The molecule has 1 unspecified atom stereocenters. The standard InChI is InChI=1S/C17H29NO/c1-12(2)14(11-18-6)13-8-9-16(19-7)15(10-13)17(3,4)5/h8-10,12,14,18H,11H2,1-7H3. The van der Waals surface area contributed by atoms with E-state index in [0.717, 1.165) is 12.3 Å².